The Morgan fingerprint density at radius 2 is 1.50 bits per heavy atom. The van der Waals surface area contributed by atoms with Crippen molar-refractivity contribution < 1.29 is 23.1 Å². The third kappa shape index (κ3) is 5.70. The quantitative estimate of drug-likeness (QED) is 0.621. The first-order valence-corrected chi connectivity index (χ1v) is 12.1. The molecule has 2 aliphatic rings. The number of hydrogen-bond donors (Lipinski definition) is 0. The molecule has 0 saturated carbocycles. The summed E-state index contributed by atoms with van der Waals surface area (Å²) in [5.41, 5.74) is -0.419. The van der Waals surface area contributed by atoms with Crippen molar-refractivity contribution in [1.29, 1.82) is 0 Å². The average Bonchev–Trinajstić information content (AvgIpc) is 3.13. The lowest BCUT2D eigenvalue weighted by atomic mass is 9.87. The molecule has 3 rings (SSSR count). The van der Waals surface area contributed by atoms with Crippen LogP contribution in [0.25, 0.3) is 0 Å². The highest BCUT2D eigenvalue weighted by atomic mass is 19.1. The molecule has 2 heterocycles. The summed E-state index contributed by atoms with van der Waals surface area (Å²) >= 11 is 0. The Hall–Kier alpha value is -2.22. The molecular weight excluding hydrogens is 440 g/mol. The van der Waals surface area contributed by atoms with Gasteiger partial charge in [0.05, 0.1) is 5.92 Å². The number of carbonyl (C=O) groups is 2. The van der Waals surface area contributed by atoms with Crippen molar-refractivity contribution >= 4 is 12.0 Å². The highest BCUT2D eigenvalue weighted by molar-refractivity contribution is 5.81. The third-order valence-electron chi connectivity index (χ3n) is 6.84. The minimum Gasteiger partial charge on any atom is -0.444 e. The van der Waals surface area contributed by atoms with Gasteiger partial charge in [-0.25, -0.2) is 13.6 Å². The van der Waals surface area contributed by atoms with Gasteiger partial charge < -0.3 is 14.5 Å². The number of piperazine rings is 1. The van der Waals surface area contributed by atoms with Crippen LogP contribution in [0.3, 0.4) is 0 Å². The van der Waals surface area contributed by atoms with E-state index in [-0.39, 0.29) is 35.5 Å². The van der Waals surface area contributed by atoms with E-state index in [0.717, 1.165) is 6.07 Å². The van der Waals surface area contributed by atoms with E-state index in [2.05, 4.69) is 25.7 Å². The Morgan fingerprint density at radius 3 is 2.06 bits per heavy atom. The third-order valence-corrected chi connectivity index (χ3v) is 6.84. The first kappa shape index (κ1) is 26.4. The lowest BCUT2D eigenvalue weighted by Crippen LogP contribution is -2.61. The van der Waals surface area contributed by atoms with Gasteiger partial charge in [-0.1, -0.05) is 6.07 Å². The second kappa shape index (κ2) is 9.44. The van der Waals surface area contributed by atoms with Crippen molar-refractivity contribution in [2.45, 2.75) is 84.5 Å². The first-order chi connectivity index (χ1) is 15.6. The van der Waals surface area contributed by atoms with Crippen molar-refractivity contribution in [2.24, 2.45) is 5.92 Å². The maximum atomic E-state index is 14.8. The molecule has 0 aliphatic carbocycles. The van der Waals surface area contributed by atoms with E-state index >= 15 is 0 Å². The van der Waals surface area contributed by atoms with Gasteiger partial charge in [0.2, 0.25) is 5.91 Å². The summed E-state index contributed by atoms with van der Waals surface area (Å²) < 4.78 is 33.9. The Balaban J connectivity index is 1.84. The summed E-state index contributed by atoms with van der Waals surface area (Å²) in [7, 11) is 0. The molecule has 2 saturated heterocycles. The highest BCUT2D eigenvalue weighted by Gasteiger charge is 2.46. The molecule has 0 spiro atoms. The van der Waals surface area contributed by atoms with E-state index in [0.29, 0.717) is 31.7 Å². The average molecular weight is 480 g/mol. The van der Waals surface area contributed by atoms with Gasteiger partial charge in [-0.15, -0.1) is 0 Å². The number of carbonyl (C=O) groups excluding carboxylic acids is 2. The van der Waals surface area contributed by atoms with Gasteiger partial charge in [-0.2, -0.15) is 0 Å². The lowest BCUT2D eigenvalue weighted by Gasteiger charge is -2.45. The fraction of sp³-hybridized carbons (Fsp3) is 0.692. The maximum Gasteiger partial charge on any atom is 0.410 e. The molecule has 1 aromatic carbocycles. The van der Waals surface area contributed by atoms with Crippen molar-refractivity contribution in [3.8, 4) is 0 Å². The van der Waals surface area contributed by atoms with Gasteiger partial charge in [-0.3, -0.25) is 9.69 Å². The predicted molar refractivity (Wildman–Crippen MR) is 127 cm³/mol. The van der Waals surface area contributed by atoms with E-state index in [1.807, 2.05) is 39.5 Å². The number of rotatable bonds is 2. The van der Waals surface area contributed by atoms with E-state index in [9.17, 15) is 18.4 Å². The van der Waals surface area contributed by atoms with Gasteiger partial charge >= 0.3 is 6.09 Å². The molecule has 34 heavy (non-hydrogen) atoms. The number of amides is 2. The molecule has 6 nitrogen and oxygen atoms in total. The zero-order valence-electron chi connectivity index (χ0n) is 21.7. The molecule has 0 unspecified atom stereocenters. The van der Waals surface area contributed by atoms with Crippen molar-refractivity contribution in [2.75, 3.05) is 26.2 Å². The Morgan fingerprint density at radius 1 is 0.912 bits per heavy atom. The molecular formula is C26H39F2N3O3. The summed E-state index contributed by atoms with van der Waals surface area (Å²) in [4.78, 5) is 32.2. The number of benzene rings is 1. The van der Waals surface area contributed by atoms with E-state index in [1.165, 1.54) is 12.1 Å². The van der Waals surface area contributed by atoms with Crippen LogP contribution in [0.5, 0.6) is 0 Å². The Labute approximate surface area is 202 Å². The maximum absolute atomic E-state index is 14.8. The van der Waals surface area contributed by atoms with Crippen LogP contribution < -0.4 is 0 Å². The van der Waals surface area contributed by atoms with Gasteiger partial charge in [0.1, 0.15) is 17.2 Å². The highest BCUT2D eigenvalue weighted by Crippen LogP contribution is 2.39. The topological polar surface area (TPSA) is 53.1 Å². The number of nitrogens with zero attached hydrogens (tertiary/aromatic N) is 3. The molecule has 2 amide bonds. The van der Waals surface area contributed by atoms with Crippen molar-refractivity contribution in [3.05, 3.63) is 35.4 Å². The van der Waals surface area contributed by atoms with Crippen LogP contribution in [0.2, 0.25) is 0 Å². The van der Waals surface area contributed by atoms with E-state index in [1.54, 1.807) is 4.90 Å². The summed E-state index contributed by atoms with van der Waals surface area (Å²) in [5.74, 6) is -2.13. The molecule has 4 atom stereocenters. The minimum atomic E-state index is -0.629. The summed E-state index contributed by atoms with van der Waals surface area (Å²) in [5, 5.41) is 0. The SMILES string of the molecule is C[C@@H]1CN(C(=O)[C@@H]2CN(C(C)(C)C)C[C@H]2c2ccc(F)cc2F)[C@@H](C)CN1C(=O)OC(C)(C)C. The number of halogens is 2. The van der Waals surface area contributed by atoms with E-state index in [4.69, 9.17) is 4.74 Å². The van der Waals surface area contributed by atoms with Crippen LogP contribution in [-0.4, -0.2) is 76.1 Å². The summed E-state index contributed by atoms with van der Waals surface area (Å²) in [6, 6.07) is 3.19. The molecule has 190 valence electrons. The number of likely N-dealkylation sites (tertiary alicyclic amines) is 1. The van der Waals surface area contributed by atoms with E-state index < -0.39 is 23.2 Å². The molecule has 0 radical (unpaired) electrons. The van der Waals surface area contributed by atoms with Crippen molar-refractivity contribution in [3.63, 3.8) is 0 Å². The van der Waals surface area contributed by atoms with Crippen LogP contribution in [0, 0.1) is 17.6 Å². The minimum absolute atomic E-state index is 0.0522. The number of ether oxygens (including phenoxy) is 1. The monoisotopic (exact) mass is 479 g/mol. The summed E-state index contributed by atoms with van der Waals surface area (Å²) in [6.45, 7) is 17.3. The van der Waals surface area contributed by atoms with Crippen LogP contribution in [0.4, 0.5) is 13.6 Å². The normalized spacial score (nSPS) is 26.6. The van der Waals surface area contributed by atoms with Gasteiger partial charge in [0, 0.05) is 55.8 Å². The molecule has 8 heteroatoms. The first-order valence-electron chi connectivity index (χ1n) is 12.1. The molecule has 0 bridgehead atoms. The zero-order chi connectivity index (χ0) is 25.6. The second-order valence-electron chi connectivity index (χ2n) is 11.8. The molecule has 2 aliphatic heterocycles. The molecule has 0 aromatic heterocycles. The second-order valence-corrected chi connectivity index (χ2v) is 11.8. The smallest absolute Gasteiger partial charge is 0.410 e. The van der Waals surface area contributed by atoms with Gasteiger partial charge in [0.25, 0.3) is 0 Å². The fourth-order valence-corrected chi connectivity index (χ4v) is 4.94. The van der Waals surface area contributed by atoms with Crippen LogP contribution in [0.15, 0.2) is 18.2 Å². The molecule has 1 aromatic rings. The van der Waals surface area contributed by atoms with Gasteiger partial charge in [0.15, 0.2) is 0 Å². The zero-order valence-corrected chi connectivity index (χ0v) is 21.7. The van der Waals surface area contributed by atoms with Crippen molar-refractivity contribution in [1.82, 2.24) is 14.7 Å². The summed E-state index contributed by atoms with van der Waals surface area (Å²) in [6.07, 6.45) is -0.384. The Bertz CT molecular complexity index is 925. The number of hydrogen-bond acceptors (Lipinski definition) is 4. The molecule has 0 N–H and O–H groups in total. The van der Waals surface area contributed by atoms with Gasteiger partial charge in [-0.05, 0) is 67.0 Å². The lowest BCUT2D eigenvalue weighted by molar-refractivity contribution is -0.141. The predicted octanol–water partition coefficient (Wildman–Crippen LogP) is 4.64. The fourth-order valence-electron chi connectivity index (χ4n) is 4.94. The van der Waals surface area contributed by atoms with Crippen LogP contribution in [0.1, 0.15) is 66.9 Å². The largest absolute Gasteiger partial charge is 0.444 e. The van der Waals surface area contributed by atoms with Crippen LogP contribution in [-0.2, 0) is 9.53 Å². The Kier molecular flexibility index (Phi) is 7.32. The standard InChI is InChI=1S/C26H39F2N3O3/c1-16-13-31(24(33)34-26(6,7)8)17(2)12-30(16)23(32)21-15-29(25(3,4)5)14-20(21)19-10-9-18(27)11-22(19)28/h9-11,16-17,20-21H,12-15H2,1-8H3/t16-,17+,20-,21+/m0/s1. The molecule has 2 fully saturated rings. The van der Waals surface area contributed by atoms with Crippen LogP contribution >= 0.6 is 0 Å².